The summed E-state index contributed by atoms with van der Waals surface area (Å²) >= 11 is 0. The number of carbonyl (C=O) groups is 1. The van der Waals surface area contributed by atoms with Crippen LogP contribution in [0.5, 0.6) is 0 Å². The van der Waals surface area contributed by atoms with Gasteiger partial charge in [-0.1, -0.05) is 26.3 Å². The topological polar surface area (TPSA) is 32.3 Å². The molecule has 0 atom stereocenters. The van der Waals surface area contributed by atoms with Gasteiger partial charge in [0.1, 0.15) is 0 Å². The molecule has 0 bridgehead atoms. The summed E-state index contributed by atoms with van der Waals surface area (Å²) in [5.74, 6) is 0. The highest BCUT2D eigenvalue weighted by Crippen LogP contribution is 2.23. The number of nitrogens with one attached hydrogen (secondary N) is 1. The molecule has 0 aromatic rings. The predicted octanol–water partition coefficient (Wildman–Crippen LogP) is 2.74. The Hall–Kier alpha value is -0.990. The summed E-state index contributed by atoms with van der Waals surface area (Å²) in [7, 11) is 0. The normalized spacial score (nSPS) is 18.1. The summed E-state index contributed by atoms with van der Waals surface area (Å²) in [6.07, 6.45) is 4.10. The van der Waals surface area contributed by atoms with Crippen LogP contribution in [0.15, 0.2) is 11.8 Å². The highest BCUT2D eigenvalue weighted by molar-refractivity contribution is 5.75. The Bertz CT molecular complexity index is 257. The first-order chi connectivity index (χ1) is 6.91. The van der Waals surface area contributed by atoms with Crippen LogP contribution in [0.1, 0.15) is 40.5 Å². The fourth-order valence-corrected chi connectivity index (χ4v) is 1.40. The summed E-state index contributed by atoms with van der Waals surface area (Å²) in [5.41, 5.74) is 1.31. The molecular weight excluding hydrogens is 188 g/mol. The minimum atomic E-state index is 0.0381. The number of hydrogen-bond donors (Lipinski definition) is 1. The molecule has 0 aromatic carbocycles. The first kappa shape index (κ1) is 12.1. The number of hydrogen-bond acceptors (Lipinski definition) is 1. The van der Waals surface area contributed by atoms with Crippen LogP contribution in [0, 0.1) is 5.41 Å². The first-order valence-corrected chi connectivity index (χ1v) is 5.64. The number of likely N-dealkylation sites (tertiary alicyclic amines) is 1. The van der Waals surface area contributed by atoms with Gasteiger partial charge in [0.05, 0.1) is 0 Å². The molecule has 1 N–H and O–H groups in total. The molecule has 0 unspecified atom stereocenters. The fraction of sp³-hybridized carbons (Fsp3) is 0.750. The number of rotatable bonds is 1. The van der Waals surface area contributed by atoms with Crippen molar-refractivity contribution in [3.63, 3.8) is 0 Å². The molecule has 15 heavy (non-hydrogen) atoms. The van der Waals surface area contributed by atoms with Crippen LogP contribution in [0.3, 0.4) is 0 Å². The van der Waals surface area contributed by atoms with Crippen LogP contribution in [0.4, 0.5) is 4.79 Å². The molecule has 1 saturated heterocycles. The fourth-order valence-electron chi connectivity index (χ4n) is 1.40. The Morgan fingerprint density at radius 3 is 2.27 bits per heavy atom. The second-order valence-corrected chi connectivity index (χ2v) is 5.22. The lowest BCUT2D eigenvalue weighted by atomic mass is 9.88. The van der Waals surface area contributed by atoms with E-state index in [1.807, 2.05) is 18.0 Å². The molecule has 0 aliphatic carbocycles. The Labute approximate surface area is 92.5 Å². The van der Waals surface area contributed by atoms with E-state index in [9.17, 15) is 4.79 Å². The van der Waals surface area contributed by atoms with Crippen LogP contribution < -0.4 is 5.32 Å². The van der Waals surface area contributed by atoms with Crippen molar-refractivity contribution in [1.29, 1.82) is 0 Å². The van der Waals surface area contributed by atoms with Crippen LogP contribution in [-0.2, 0) is 0 Å². The molecule has 0 spiro atoms. The molecule has 0 saturated carbocycles. The molecule has 1 heterocycles. The van der Waals surface area contributed by atoms with Gasteiger partial charge < -0.3 is 10.2 Å². The average Bonchev–Trinajstić information content (AvgIpc) is 2.64. The Balaban J connectivity index is 2.45. The van der Waals surface area contributed by atoms with Gasteiger partial charge in [0, 0.05) is 19.3 Å². The van der Waals surface area contributed by atoms with E-state index >= 15 is 0 Å². The Kier molecular flexibility index (Phi) is 3.77. The third-order valence-corrected chi connectivity index (χ3v) is 2.99. The second-order valence-electron chi connectivity index (χ2n) is 5.22. The van der Waals surface area contributed by atoms with Gasteiger partial charge in [0.2, 0.25) is 0 Å². The van der Waals surface area contributed by atoms with Crippen molar-refractivity contribution >= 4 is 6.03 Å². The second kappa shape index (κ2) is 4.69. The largest absolute Gasteiger partial charge is 0.325 e. The van der Waals surface area contributed by atoms with Gasteiger partial charge >= 0.3 is 6.03 Å². The first-order valence-electron chi connectivity index (χ1n) is 5.64. The van der Waals surface area contributed by atoms with Gasteiger partial charge in [-0.05, 0) is 25.2 Å². The Morgan fingerprint density at radius 1 is 1.27 bits per heavy atom. The van der Waals surface area contributed by atoms with E-state index in [4.69, 9.17) is 0 Å². The monoisotopic (exact) mass is 210 g/mol. The van der Waals surface area contributed by atoms with Gasteiger partial charge in [-0.25, -0.2) is 4.79 Å². The SMILES string of the molecule is C/C(=C\NC(=O)N1CCCC1)C(C)(C)C. The lowest BCUT2D eigenvalue weighted by Crippen LogP contribution is -2.35. The maximum absolute atomic E-state index is 11.6. The highest BCUT2D eigenvalue weighted by Gasteiger charge is 2.17. The molecule has 86 valence electrons. The van der Waals surface area contributed by atoms with E-state index in [-0.39, 0.29) is 11.4 Å². The molecule has 1 aliphatic rings. The lowest BCUT2D eigenvalue weighted by molar-refractivity contribution is 0.212. The molecule has 1 aliphatic heterocycles. The zero-order valence-corrected chi connectivity index (χ0v) is 10.3. The minimum Gasteiger partial charge on any atom is -0.325 e. The molecule has 0 radical (unpaired) electrons. The average molecular weight is 210 g/mol. The molecular formula is C12H22N2O. The van der Waals surface area contributed by atoms with Crippen LogP contribution >= 0.6 is 0 Å². The van der Waals surface area contributed by atoms with Crippen molar-refractivity contribution in [3.05, 3.63) is 11.8 Å². The minimum absolute atomic E-state index is 0.0381. The number of allylic oxidation sites excluding steroid dienone is 1. The molecule has 3 nitrogen and oxygen atoms in total. The van der Waals surface area contributed by atoms with E-state index in [2.05, 4.69) is 26.1 Å². The summed E-state index contributed by atoms with van der Waals surface area (Å²) in [5, 5.41) is 2.86. The Morgan fingerprint density at radius 2 is 1.80 bits per heavy atom. The summed E-state index contributed by atoms with van der Waals surface area (Å²) in [4.78, 5) is 13.5. The maximum atomic E-state index is 11.6. The van der Waals surface area contributed by atoms with E-state index < -0.39 is 0 Å². The van der Waals surface area contributed by atoms with Crippen molar-refractivity contribution in [2.24, 2.45) is 5.41 Å². The van der Waals surface area contributed by atoms with Gasteiger partial charge in [0.25, 0.3) is 0 Å². The molecule has 1 fully saturated rings. The van der Waals surface area contributed by atoms with Gasteiger partial charge in [0.15, 0.2) is 0 Å². The van der Waals surface area contributed by atoms with Crippen molar-refractivity contribution in [1.82, 2.24) is 10.2 Å². The van der Waals surface area contributed by atoms with Crippen molar-refractivity contribution in [3.8, 4) is 0 Å². The van der Waals surface area contributed by atoms with Crippen LogP contribution in [-0.4, -0.2) is 24.0 Å². The van der Waals surface area contributed by atoms with E-state index in [0.29, 0.717) is 0 Å². The quantitative estimate of drug-likeness (QED) is 0.709. The predicted molar refractivity (Wildman–Crippen MR) is 62.6 cm³/mol. The maximum Gasteiger partial charge on any atom is 0.321 e. The lowest BCUT2D eigenvalue weighted by Gasteiger charge is -2.20. The zero-order valence-electron chi connectivity index (χ0n) is 10.3. The third kappa shape index (κ3) is 3.57. The van der Waals surface area contributed by atoms with E-state index in [1.165, 1.54) is 5.57 Å². The van der Waals surface area contributed by atoms with Gasteiger partial charge in [-0.3, -0.25) is 0 Å². The van der Waals surface area contributed by atoms with E-state index in [0.717, 1.165) is 25.9 Å². The number of carbonyl (C=O) groups excluding carboxylic acids is 1. The van der Waals surface area contributed by atoms with E-state index in [1.54, 1.807) is 0 Å². The highest BCUT2D eigenvalue weighted by atomic mass is 16.2. The van der Waals surface area contributed by atoms with Gasteiger partial charge in [-0.2, -0.15) is 0 Å². The van der Waals surface area contributed by atoms with Crippen LogP contribution in [0.2, 0.25) is 0 Å². The molecule has 0 aromatic heterocycles. The standard InChI is InChI=1S/C12H22N2O/c1-10(12(2,3)4)9-13-11(15)14-7-5-6-8-14/h9H,5-8H2,1-4H3,(H,13,15)/b10-9+. The van der Waals surface area contributed by atoms with Crippen molar-refractivity contribution < 1.29 is 4.79 Å². The number of urea groups is 1. The van der Waals surface area contributed by atoms with Crippen molar-refractivity contribution in [2.45, 2.75) is 40.5 Å². The summed E-state index contributed by atoms with van der Waals surface area (Å²) < 4.78 is 0. The van der Waals surface area contributed by atoms with Crippen molar-refractivity contribution in [2.75, 3.05) is 13.1 Å². The summed E-state index contributed by atoms with van der Waals surface area (Å²) in [6.45, 7) is 10.3. The van der Waals surface area contributed by atoms with Gasteiger partial charge in [-0.15, -0.1) is 0 Å². The zero-order chi connectivity index (χ0) is 11.5. The third-order valence-electron chi connectivity index (χ3n) is 2.99. The van der Waals surface area contributed by atoms with Crippen LogP contribution in [0.25, 0.3) is 0 Å². The summed E-state index contributed by atoms with van der Waals surface area (Å²) in [6, 6.07) is 0.0381. The smallest absolute Gasteiger partial charge is 0.321 e. The molecule has 2 amide bonds. The molecule has 1 rings (SSSR count). The number of nitrogens with zero attached hydrogens (tertiary/aromatic N) is 1. The molecule has 3 heteroatoms. The number of amides is 2.